The molecule has 0 radical (unpaired) electrons. The van der Waals surface area contributed by atoms with Gasteiger partial charge in [0.25, 0.3) is 0 Å². The van der Waals surface area contributed by atoms with E-state index in [1.807, 2.05) is 0 Å². The molecule has 0 saturated heterocycles. The van der Waals surface area contributed by atoms with Crippen LogP contribution in [0.25, 0.3) is 11.0 Å². The van der Waals surface area contributed by atoms with Gasteiger partial charge in [0.1, 0.15) is 11.3 Å². The van der Waals surface area contributed by atoms with Crippen molar-refractivity contribution in [3.63, 3.8) is 0 Å². The lowest BCUT2D eigenvalue weighted by atomic mass is 9.95. The highest BCUT2D eigenvalue weighted by Crippen LogP contribution is 2.25. The Kier molecular flexibility index (Phi) is 4.99. The first-order valence-corrected chi connectivity index (χ1v) is 8.23. The lowest BCUT2D eigenvalue weighted by Crippen LogP contribution is -2.27. The molecule has 1 heterocycles. The third kappa shape index (κ3) is 4.04. The molecule has 1 aromatic carbocycles. The molecule has 1 unspecified atom stereocenters. The Morgan fingerprint density at radius 3 is 2.83 bits per heavy atom. The average Bonchev–Trinajstić information content (AvgIpc) is 2.59. The van der Waals surface area contributed by atoms with Crippen LogP contribution in [0.4, 0.5) is 0 Å². The van der Waals surface area contributed by atoms with Gasteiger partial charge in [0, 0.05) is 17.5 Å². The molecule has 126 valence electrons. The number of fused-ring (bicyclic) bond motifs is 1. The maximum Gasteiger partial charge on any atom is 0.344 e. The van der Waals surface area contributed by atoms with Crippen LogP contribution >= 0.6 is 0 Å². The standard InChI is InChI=1S/C19H20O5/c20-18-11-8-14-7-9-15(12-17(14)24-18)23-16(19(21)22)10-6-13-4-2-1-3-5-13/h4,7-9,11-12,16H,1-3,5-6,10H2,(H,21,22). The van der Waals surface area contributed by atoms with E-state index in [2.05, 4.69) is 6.08 Å². The zero-order chi connectivity index (χ0) is 16.9. The van der Waals surface area contributed by atoms with E-state index in [-0.39, 0.29) is 0 Å². The Morgan fingerprint density at radius 2 is 2.08 bits per heavy atom. The zero-order valence-corrected chi connectivity index (χ0v) is 13.4. The second kappa shape index (κ2) is 7.34. The van der Waals surface area contributed by atoms with Crippen molar-refractivity contribution < 1.29 is 19.1 Å². The summed E-state index contributed by atoms with van der Waals surface area (Å²) < 4.78 is 10.7. The van der Waals surface area contributed by atoms with Crippen LogP contribution < -0.4 is 10.4 Å². The van der Waals surface area contributed by atoms with E-state index in [4.69, 9.17) is 9.15 Å². The maximum atomic E-state index is 11.5. The van der Waals surface area contributed by atoms with Gasteiger partial charge >= 0.3 is 11.6 Å². The van der Waals surface area contributed by atoms with Crippen molar-refractivity contribution >= 4 is 16.9 Å². The van der Waals surface area contributed by atoms with Gasteiger partial charge in [-0.15, -0.1) is 0 Å². The number of aliphatic carboxylic acids is 1. The highest BCUT2D eigenvalue weighted by molar-refractivity contribution is 5.78. The molecule has 3 rings (SSSR count). The van der Waals surface area contributed by atoms with Crippen molar-refractivity contribution in [2.75, 3.05) is 0 Å². The van der Waals surface area contributed by atoms with Gasteiger partial charge in [0.2, 0.25) is 0 Å². The molecule has 5 heteroatoms. The Labute approximate surface area is 139 Å². The molecule has 0 amide bonds. The lowest BCUT2D eigenvalue weighted by molar-refractivity contribution is -0.145. The van der Waals surface area contributed by atoms with Gasteiger partial charge in [-0.1, -0.05) is 11.6 Å². The van der Waals surface area contributed by atoms with Crippen LogP contribution in [0.2, 0.25) is 0 Å². The summed E-state index contributed by atoms with van der Waals surface area (Å²) in [6.07, 6.45) is 6.98. The number of rotatable bonds is 6. The molecular weight excluding hydrogens is 308 g/mol. The van der Waals surface area contributed by atoms with Crippen molar-refractivity contribution in [2.45, 2.75) is 44.6 Å². The molecule has 24 heavy (non-hydrogen) atoms. The first-order valence-electron chi connectivity index (χ1n) is 8.23. The fourth-order valence-corrected chi connectivity index (χ4v) is 2.96. The second-order valence-electron chi connectivity index (χ2n) is 6.05. The fraction of sp³-hybridized carbons (Fsp3) is 0.368. The summed E-state index contributed by atoms with van der Waals surface area (Å²) in [6.45, 7) is 0. The minimum absolute atomic E-state index is 0.388. The molecule has 0 aliphatic heterocycles. The van der Waals surface area contributed by atoms with Crippen molar-refractivity contribution in [1.82, 2.24) is 0 Å². The Hall–Kier alpha value is -2.56. The van der Waals surface area contributed by atoms with Crippen molar-refractivity contribution in [3.8, 4) is 5.75 Å². The molecule has 1 aliphatic rings. The van der Waals surface area contributed by atoms with E-state index in [1.54, 1.807) is 24.3 Å². The number of allylic oxidation sites excluding steroid dienone is 2. The number of carbonyl (C=O) groups is 1. The smallest absolute Gasteiger partial charge is 0.344 e. The summed E-state index contributed by atoms with van der Waals surface area (Å²) in [5, 5.41) is 10.2. The predicted octanol–water partition coefficient (Wildman–Crippen LogP) is 3.91. The van der Waals surface area contributed by atoms with E-state index in [0.29, 0.717) is 17.8 Å². The Bertz CT molecular complexity index is 818. The van der Waals surface area contributed by atoms with Crippen LogP contribution in [0, 0.1) is 0 Å². The largest absolute Gasteiger partial charge is 0.479 e. The molecule has 5 nitrogen and oxygen atoms in total. The Balaban J connectivity index is 1.71. The predicted molar refractivity (Wildman–Crippen MR) is 90.3 cm³/mol. The van der Waals surface area contributed by atoms with E-state index in [9.17, 15) is 14.7 Å². The topological polar surface area (TPSA) is 76.7 Å². The number of benzene rings is 1. The fourth-order valence-electron chi connectivity index (χ4n) is 2.96. The summed E-state index contributed by atoms with van der Waals surface area (Å²) in [5.41, 5.74) is 1.26. The van der Waals surface area contributed by atoms with Crippen molar-refractivity contribution in [2.24, 2.45) is 0 Å². The highest BCUT2D eigenvalue weighted by Gasteiger charge is 2.20. The number of hydrogen-bond donors (Lipinski definition) is 1. The third-order valence-corrected chi connectivity index (χ3v) is 4.26. The SMILES string of the molecule is O=C(O)C(CCC1=CCCCC1)Oc1ccc2ccc(=O)oc2c1. The van der Waals surface area contributed by atoms with E-state index in [0.717, 1.165) is 24.6 Å². The normalized spacial score (nSPS) is 15.8. The van der Waals surface area contributed by atoms with Gasteiger partial charge in [-0.2, -0.15) is 0 Å². The van der Waals surface area contributed by atoms with Crippen LogP contribution in [0.1, 0.15) is 38.5 Å². The number of carboxylic acid groups (broad SMARTS) is 1. The van der Waals surface area contributed by atoms with E-state index in [1.165, 1.54) is 24.5 Å². The van der Waals surface area contributed by atoms with Gasteiger partial charge in [-0.25, -0.2) is 9.59 Å². The summed E-state index contributed by atoms with van der Waals surface area (Å²) in [4.78, 5) is 22.8. The highest BCUT2D eigenvalue weighted by atomic mass is 16.5. The second-order valence-corrected chi connectivity index (χ2v) is 6.05. The van der Waals surface area contributed by atoms with Crippen molar-refractivity contribution in [1.29, 1.82) is 0 Å². The monoisotopic (exact) mass is 328 g/mol. The van der Waals surface area contributed by atoms with E-state index < -0.39 is 17.7 Å². The first kappa shape index (κ1) is 16.3. The molecule has 0 fully saturated rings. The third-order valence-electron chi connectivity index (χ3n) is 4.26. The minimum Gasteiger partial charge on any atom is -0.479 e. The Morgan fingerprint density at radius 1 is 1.25 bits per heavy atom. The van der Waals surface area contributed by atoms with Crippen LogP contribution in [-0.4, -0.2) is 17.2 Å². The molecule has 2 aromatic rings. The summed E-state index contributed by atoms with van der Waals surface area (Å²) in [7, 11) is 0. The van der Waals surface area contributed by atoms with Gasteiger partial charge in [-0.3, -0.25) is 0 Å². The molecule has 1 aliphatic carbocycles. The van der Waals surface area contributed by atoms with Gasteiger partial charge in [0.15, 0.2) is 6.10 Å². The average molecular weight is 328 g/mol. The lowest BCUT2D eigenvalue weighted by Gasteiger charge is -2.18. The quantitative estimate of drug-likeness (QED) is 0.643. The molecular formula is C19H20O5. The molecule has 0 bridgehead atoms. The van der Waals surface area contributed by atoms with Gasteiger partial charge < -0.3 is 14.3 Å². The van der Waals surface area contributed by atoms with Crippen LogP contribution in [0.5, 0.6) is 5.75 Å². The van der Waals surface area contributed by atoms with Crippen molar-refractivity contribution in [3.05, 3.63) is 52.4 Å². The first-order chi connectivity index (χ1) is 11.6. The number of hydrogen-bond acceptors (Lipinski definition) is 4. The van der Waals surface area contributed by atoms with Crippen LogP contribution in [0.15, 0.2) is 51.2 Å². The number of carboxylic acids is 1. The molecule has 1 atom stereocenters. The van der Waals surface area contributed by atoms with Gasteiger partial charge in [-0.05, 0) is 56.7 Å². The molecule has 1 N–H and O–H groups in total. The zero-order valence-electron chi connectivity index (χ0n) is 13.4. The molecule has 0 saturated carbocycles. The van der Waals surface area contributed by atoms with Crippen LogP contribution in [0.3, 0.4) is 0 Å². The number of ether oxygens (including phenoxy) is 1. The molecule has 1 aromatic heterocycles. The van der Waals surface area contributed by atoms with Crippen LogP contribution in [-0.2, 0) is 4.79 Å². The van der Waals surface area contributed by atoms with Gasteiger partial charge in [0.05, 0.1) is 0 Å². The maximum absolute atomic E-state index is 11.5. The minimum atomic E-state index is -0.985. The summed E-state index contributed by atoms with van der Waals surface area (Å²) >= 11 is 0. The molecule has 0 spiro atoms. The summed E-state index contributed by atoms with van der Waals surface area (Å²) in [5.74, 6) is -0.595. The van der Waals surface area contributed by atoms with E-state index >= 15 is 0 Å². The summed E-state index contributed by atoms with van der Waals surface area (Å²) in [6, 6.07) is 8.01.